The smallest absolute Gasteiger partial charge is 0.192 e. The van der Waals surface area contributed by atoms with Crippen LogP contribution >= 0.6 is 0 Å². The molecule has 0 aromatic heterocycles. The van der Waals surface area contributed by atoms with Crippen LogP contribution in [0.1, 0.15) is 173 Å². The summed E-state index contributed by atoms with van der Waals surface area (Å²) in [4.78, 5) is 29.0. The van der Waals surface area contributed by atoms with Crippen LogP contribution in [0.3, 0.4) is 0 Å². The SMILES string of the molecule is C=C1C[C@@H]2CCC(=O)/C=C/C(O[Si](C)(C)C(C)(C)C)[C@@H]3C[C@H]4CC[C@H](CC(=O)C[C@@H]5[C@@H](OC)[C@@H](CC(CO[Si](C)(C)C(C)(C)C)O[Si](C)(C)C(C)(C)C)O[C@H]5C[C@H]5O[C@@H](CC[C@@H]1O2)C[C@@H](C)C5=C)O[C@@H]4[C@H](O)C3O[Si](C)(C)C(C)(C)C. The number of fused-ring (bicyclic) bond motifs is 2. The van der Waals surface area contributed by atoms with Gasteiger partial charge >= 0.3 is 0 Å². The molecular weight excluding hydrogens is 1090 g/mol. The van der Waals surface area contributed by atoms with E-state index in [0.29, 0.717) is 45.1 Å². The standard InChI is InChI=1S/C65H118O12Si4/c1-41-33-48-30-32-53-42(2)34-47(71-53)29-26-45(66)27-31-54(76-80(21,22)64(10,11)12)51-35-44-25-28-49(73-59(44)58(68)61(51)77-81(23,24)65(13,14)15)36-46(67)37-52-56(39-55(72-48)43(41)3)74-57(60(52)69-16)38-50(75-79(19,20)63(7,8)9)40-70-78(17,18)62(4,5)6/h27,31,41,44,47-61,68H,2-3,25-26,28-30,32-40H2,1,4-24H3/b31-27+/t41-,44-,47+,48+,49-,50?,51+,52+,53+,54?,55-,56+,57-,58+,59+,60-,61?/m1/s1. The molecule has 466 valence electrons. The summed E-state index contributed by atoms with van der Waals surface area (Å²) in [6.45, 7) is 57.1. The molecule has 16 heteroatoms. The Balaban J connectivity index is 1.37. The predicted molar refractivity (Wildman–Crippen MR) is 338 cm³/mol. The van der Waals surface area contributed by atoms with Crippen molar-refractivity contribution in [1.82, 2.24) is 0 Å². The number of carbonyl (C=O) groups is 2. The quantitative estimate of drug-likeness (QED) is 0.147. The molecule has 0 spiro atoms. The predicted octanol–water partition coefficient (Wildman–Crippen LogP) is 15.0. The van der Waals surface area contributed by atoms with E-state index in [1.807, 2.05) is 6.08 Å². The second kappa shape index (κ2) is 26.4. The third-order valence-corrected chi connectivity index (χ3v) is 39.9. The van der Waals surface area contributed by atoms with Crippen LogP contribution in [0.25, 0.3) is 0 Å². The molecule has 12 nitrogen and oxygen atoms in total. The molecule has 0 radical (unpaired) electrons. The molecule has 1 N–H and O–H groups in total. The van der Waals surface area contributed by atoms with Gasteiger partial charge in [0.1, 0.15) is 11.9 Å². The van der Waals surface area contributed by atoms with Gasteiger partial charge in [0.05, 0.1) is 79.9 Å². The number of aliphatic hydroxyl groups is 1. The molecule has 17 atom stereocenters. The number of rotatable bonds is 12. The van der Waals surface area contributed by atoms with Crippen molar-refractivity contribution in [2.45, 2.75) is 325 Å². The molecule has 4 saturated heterocycles. The van der Waals surface area contributed by atoms with Gasteiger partial charge in [0, 0.05) is 51.0 Å². The first-order valence-electron chi connectivity index (χ1n) is 31.6. The zero-order chi connectivity index (χ0) is 60.8. The van der Waals surface area contributed by atoms with Gasteiger partial charge in [-0.2, -0.15) is 0 Å². The lowest BCUT2D eigenvalue weighted by molar-refractivity contribution is -0.201. The van der Waals surface area contributed by atoms with Gasteiger partial charge in [-0.05, 0) is 153 Å². The Labute approximate surface area is 497 Å². The lowest BCUT2D eigenvalue weighted by atomic mass is 9.70. The molecule has 8 aliphatic rings. The molecule has 81 heavy (non-hydrogen) atoms. The number of hydrogen-bond acceptors (Lipinski definition) is 12. The van der Waals surface area contributed by atoms with Crippen LogP contribution in [-0.4, -0.2) is 143 Å². The van der Waals surface area contributed by atoms with E-state index in [-0.39, 0.29) is 123 Å². The molecule has 1 aliphatic carbocycles. The molecule has 7 heterocycles. The third-order valence-electron chi connectivity index (χ3n) is 21.9. The maximum atomic E-state index is 15.0. The number of ketones is 2. The van der Waals surface area contributed by atoms with Crippen LogP contribution in [-0.2, 0) is 51.0 Å². The Hall–Kier alpha value is -0.972. The second-order valence-corrected chi connectivity index (χ2v) is 51.3. The molecule has 1 saturated carbocycles. The first kappa shape index (κ1) is 69.1. The summed E-state index contributed by atoms with van der Waals surface area (Å²) in [5.41, 5.74) is 2.13. The van der Waals surface area contributed by atoms with Crippen molar-refractivity contribution >= 4 is 44.8 Å². The molecule has 0 aromatic carbocycles. The van der Waals surface area contributed by atoms with Crippen LogP contribution in [0.2, 0.25) is 72.5 Å². The number of aliphatic hydroxyl groups excluding tert-OH is 1. The molecule has 5 fully saturated rings. The highest BCUT2D eigenvalue weighted by Crippen LogP contribution is 2.50. The Bertz CT molecular complexity index is 2180. The first-order valence-corrected chi connectivity index (χ1v) is 43.3. The molecule has 7 aliphatic heterocycles. The summed E-state index contributed by atoms with van der Waals surface area (Å²) in [7, 11) is -7.60. The average molecular weight is 1200 g/mol. The number of hydrogen-bond donors (Lipinski definition) is 1. The van der Waals surface area contributed by atoms with Crippen LogP contribution in [0, 0.1) is 23.7 Å². The van der Waals surface area contributed by atoms with Crippen molar-refractivity contribution in [3.63, 3.8) is 0 Å². The fourth-order valence-corrected chi connectivity index (χ4v) is 17.5. The van der Waals surface area contributed by atoms with E-state index in [2.05, 4.69) is 156 Å². The molecule has 0 amide bonds. The Morgan fingerprint density at radius 2 is 1.22 bits per heavy atom. The lowest BCUT2D eigenvalue weighted by Gasteiger charge is -2.53. The number of methoxy groups -OCH3 is 1. The van der Waals surface area contributed by atoms with Crippen molar-refractivity contribution < 1.29 is 56.1 Å². The van der Waals surface area contributed by atoms with Crippen molar-refractivity contribution in [3.05, 3.63) is 36.5 Å². The van der Waals surface area contributed by atoms with E-state index in [1.165, 1.54) is 0 Å². The monoisotopic (exact) mass is 1200 g/mol. The van der Waals surface area contributed by atoms with Crippen molar-refractivity contribution in [2.24, 2.45) is 23.7 Å². The number of carbonyl (C=O) groups excluding carboxylic acids is 2. The van der Waals surface area contributed by atoms with Crippen molar-refractivity contribution in [2.75, 3.05) is 13.7 Å². The largest absolute Gasteiger partial charge is 0.414 e. The Kier molecular flexibility index (Phi) is 22.5. The van der Waals surface area contributed by atoms with Gasteiger partial charge in [0.15, 0.2) is 39.1 Å². The summed E-state index contributed by atoms with van der Waals surface area (Å²) in [5, 5.41) is 12.7. The van der Waals surface area contributed by atoms with Crippen LogP contribution in [0.5, 0.6) is 0 Å². The van der Waals surface area contributed by atoms with E-state index in [0.717, 1.165) is 43.3 Å². The van der Waals surface area contributed by atoms with Gasteiger partial charge < -0.3 is 46.5 Å². The second-order valence-electron chi connectivity index (χ2n) is 32.2. The topological polar surface area (TPSA) is 137 Å². The minimum Gasteiger partial charge on any atom is -0.414 e. The third kappa shape index (κ3) is 17.0. The number of allylic oxidation sites excluding steroid dienone is 1. The van der Waals surface area contributed by atoms with Gasteiger partial charge in [0.25, 0.3) is 0 Å². The minimum atomic E-state index is -2.50. The van der Waals surface area contributed by atoms with E-state index < -0.39 is 57.7 Å². The van der Waals surface area contributed by atoms with Crippen molar-refractivity contribution in [1.29, 1.82) is 0 Å². The summed E-state index contributed by atoms with van der Waals surface area (Å²) in [5.74, 6) is -0.143. The van der Waals surface area contributed by atoms with Gasteiger partial charge in [0.2, 0.25) is 0 Å². The van der Waals surface area contributed by atoms with E-state index >= 15 is 0 Å². The van der Waals surface area contributed by atoms with Crippen molar-refractivity contribution in [3.8, 4) is 0 Å². The number of ether oxygens (including phenoxy) is 5. The number of Topliss-reactive ketones (excluding diaryl/α,β-unsaturated/α-hetero) is 1. The van der Waals surface area contributed by atoms with Gasteiger partial charge in [-0.15, -0.1) is 0 Å². The average Bonchev–Trinajstić information content (AvgIpc) is 3.87. The molecule has 0 aromatic rings. The fraction of sp³-hybridized carbons (Fsp3) is 0.877. The van der Waals surface area contributed by atoms with Gasteiger partial charge in [-0.25, -0.2) is 0 Å². The molecule has 3 unspecified atom stereocenters. The zero-order valence-corrected chi connectivity index (χ0v) is 59.2. The fourth-order valence-electron chi connectivity index (χ4n) is 12.4. The first-order chi connectivity index (χ1) is 37.0. The maximum Gasteiger partial charge on any atom is 0.192 e. The van der Waals surface area contributed by atoms with E-state index in [4.69, 9.17) is 41.4 Å². The highest BCUT2D eigenvalue weighted by Gasteiger charge is 2.55. The Morgan fingerprint density at radius 3 is 1.83 bits per heavy atom. The summed E-state index contributed by atoms with van der Waals surface area (Å²) >= 11 is 0. The summed E-state index contributed by atoms with van der Waals surface area (Å²) < 4.78 is 63.7. The molecule has 8 bridgehead atoms. The van der Waals surface area contributed by atoms with Gasteiger partial charge in [-0.1, -0.05) is 109 Å². The highest BCUT2D eigenvalue weighted by atomic mass is 28.4. The van der Waals surface area contributed by atoms with Crippen LogP contribution < -0.4 is 0 Å². The normalized spacial score (nSPS) is 36.0. The van der Waals surface area contributed by atoms with E-state index in [1.54, 1.807) is 13.2 Å². The summed E-state index contributed by atoms with van der Waals surface area (Å²) in [6, 6.07) is 0. The van der Waals surface area contributed by atoms with Gasteiger partial charge in [-0.3, -0.25) is 9.59 Å². The molecular formula is C65H118O12Si4. The lowest BCUT2D eigenvalue weighted by Crippen LogP contribution is -2.62. The Morgan fingerprint density at radius 1 is 0.642 bits per heavy atom. The van der Waals surface area contributed by atoms with Crippen LogP contribution in [0.15, 0.2) is 36.5 Å². The highest BCUT2D eigenvalue weighted by molar-refractivity contribution is 6.75. The van der Waals surface area contributed by atoms with E-state index in [9.17, 15) is 14.7 Å². The summed E-state index contributed by atoms with van der Waals surface area (Å²) in [6.07, 6.45) is 6.80. The maximum absolute atomic E-state index is 15.0. The molecule has 8 rings (SSSR count). The minimum absolute atomic E-state index is 0.00696. The van der Waals surface area contributed by atoms with Crippen LogP contribution in [0.4, 0.5) is 0 Å². The zero-order valence-electron chi connectivity index (χ0n) is 55.2.